The van der Waals surface area contributed by atoms with Crippen molar-refractivity contribution in [2.45, 2.75) is 12.0 Å². The summed E-state index contributed by atoms with van der Waals surface area (Å²) in [6, 6.07) is 7.23. The fourth-order valence-electron chi connectivity index (χ4n) is 1.65. The van der Waals surface area contributed by atoms with Crippen molar-refractivity contribution >= 4 is 0 Å². The fraction of sp³-hybridized carbons (Fsp3) is 0.250. The first-order chi connectivity index (χ1) is 8.33. The van der Waals surface area contributed by atoms with Crippen LogP contribution in [0.4, 0.5) is 0 Å². The standard InChI is InChI=1S/C12H14N4O/c13-8-9(10-4-1-2-5-14-10)11(17)12-15-6-3-7-16-12/h1-7,9,11,17H,8,13H2. The molecule has 88 valence electrons. The van der Waals surface area contributed by atoms with Gasteiger partial charge < -0.3 is 10.8 Å². The molecule has 0 aliphatic rings. The highest BCUT2D eigenvalue weighted by atomic mass is 16.3. The molecule has 17 heavy (non-hydrogen) atoms. The molecule has 0 aliphatic heterocycles. The largest absolute Gasteiger partial charge is 0.384 e. The number of nitrogens with zero attached hydrogens (tertiary/aromatic N) is 3. The highest BCUT2D eigenvalue weighted by Gasteiger charge is 2.24. The summed E-state index contributed by atoms with van der Waals surface area (Å²) < 4.78 is 0. The van der Waals surface area contributed by atoms with Gasteiger partial charge in [0.15, 0.2) is 5.82 Å². The van der Waals surface area contributed by atoms with Crippen LogP contribution >= 0.6 is 0 Å². The molecule has 0 radical (unpaired) electrons. The number of pyridine rings is 1. The monoisotopic (exact) mass is 230 g/mol. The van der Waals surface area contributed by atoms with Crippen molar-refractivity contribution in [1.82, 2.24) is 15.0 Å². The van der Waals surface area contributed by atoms with E-state index in [4.69, 9.17) is 5.73 Å². The summed E-state index contributed by atoms with van der Waals surface area (Å²) in [5.74, 6) is 0.0761. The molecular formula is C12H14N4O. The average molecular weight is 230 g/mol. The normalized spacial score (nSPS) is 14.2. The Hall–Kier alpha value is -1.85. The van der Waals surface area contributed by atoms with Crippen LogP contribution in [0, 0.1) is 0 Å². The maximum atomic E-state index is 10.2. The van der Waals surface area contributed by atoms with E-state index in [0.717, 1.165) is 5.69 Å². The molecular weight excluding hydrogens is 216 g/mol. The van der Waals surface area contributed by atoms with Gasteiger partial charge in [0.2, 0.25) is 0 Å². The van der Waals surface area contributed by atoms with Crippen LogP contribution in [0.3, 0.4) is 0 Å². The molecule has 2 rings (SSSR count). The number of hydrogen-bond donors (Lipinski definition) is 2. The van der Waals surface area contributed by atoms with Gasteiger partial charge in [0.25, 0.3) is 0 Å². The van der Waals surface area contributed by atoms with E-state index in [1.165, 1.54) is 0 Å². The lowest BCUT2D eigenvalue weighted by atomic mass is 9.97. The zero-order chi connectivity index (χ0) is 12.1. The summed E-state index contributed by atoms with van der Waals surface area (Å²) in [5, 5.41) is 10.2. The lowest BCUT2D eigenvalue weighted by Crippen LogP contribution is -2.22. The molecule has 2 atom stereocenters. The van der Waals surface area contributed by atoms with E-state index >= 15 is 0 Å². The predicted octanol–water partition coefficient (Wildman–Crippen LogP) is 0.647. The molecule has 5 heteroatoms. The maximum Gasteiger partial charge on any atom is 0.157 e. The van der Waals surface area contributed by atoms with Gasteiger partial charge in [-0.15, -0.1) is 0 Å². The van der Waals surface area contributed by atoms with Crippen molar-refractivity contribution in [2.24, 2.45) is 5.73 Å². The third-order valence-corrected chi connectivity index (χ3v) is 2.55. The first-order valence-corrected chi connectivity index (χ1v) is 5.39. The second-order valence-corrected chi connectivity index (χ2v) is 3.65. The lowest BCUT2D eigenvalue weighted by Gasteiger charge is -2.19. The molecule has 2 aromatic heterocycles. The zero-order valence-corrected chi connectivity index (χ0v) is 9.27. The van der Waals surface area contributed by atoms with Crippen LogP contribution < -0.4 is 5.73 Å². The van der Waals surface area contributed by atoms with Crippen molar-refractivity contribution in [2.75, 3.05) is 6.54 Å². The van der Waals surface area contributed by atoms with Gasteiger partial charge >= 0.3 is 0 Å². The summed E-state index contributed by atoms with van der Waals surface area (Å²) in [7, 11) is 0. The minimum atomic E-state index is -0.837. The van der Waals surface area contributed by atoms with Crippen LogP contribution in [0.5, 0.6) is 0 Å². The van der Waals surface area contributed by atoms with E-state index in [-0.39, 0.29) is 12.5 Å². The molecule has 0 amide bonds. The van der Waals surface area contributed by atoms with E-state index in [2.05, 4.69) is 15.0 Å². The van der Waals surface area contributed by atoms with Gasteiger partial charge in [-0.1, -0.05) is 6.07 Å². The molecule has 0 saturated heterocycles. The van der Waals surface area contributed by atoms with Gasteiger partial charge in [-0.25, -0.2) is 9.97 Å². The van der Waals surface area contributed by atoms with E-state index < -0.39 is 6.10 Å². The van der Waals surface area contributed by atoms with E-state index in [0.29, 0.717) is 5.82 Å². The summed E-state index contributed by atoms with van der Waals surface area (Å²) in [5.41, 5.74) is 6.43. The van der Waals surface area contributed by atoms with Crippen LogP contribution in [0.25, 0.3) is 0 Å². The molecule has 2 unspecified atom stereocenters. The van der Waals surface area contributed by atoms with Crippen LogP contribution in [-0.4, -0.2) is 26.6 Å². The van der Waals surface area contributed by atoms with Crippen molar-refractivity contribution in [3.63, 3.8) is 0 Å². The Morgan fingerprint density at radius 3 is 2.35 bits per heavy atom. The minimum Gasteiger partial charge on any atom is -0.384 e. The van der Waals surface area contributed by atoms with Gasteiger partial charge in [0.05, 0.1) is 0 Å². The SMILES string of the molecule is NCC(c1ccccn1)C(O)c1ncccn1. The van der Waals surface area contributed by atoms with Crippen LogP contribution in [-0.2, 0) is 0 Å². The third-order valence-electron chi connectivity index (χ3n) is 2.55. The number of rotatable bonds is 4. The molecule has 5 nitrogen and oxygen atoms in total. The van der Waals surface area contributed by atoms with Gasteiger partial charge in [0, 0.05) is 36.7 Å². The van der Waals surface area contributed by atoms with Crippen LogP contribution in [0.15, 0.2) is 42.9 Å². The Kier molecular flexibility index (Phi) is 3.74. The predicted molar refractivity (Wildman–Crippen MR) is 63.0 cm³/mol. The second-order valence-electron chi connectivity index (χ2n) is 3.65. The van der Waals surface area contributed by atoms with Gasteiger partial charge in [-0.05, 0) is 18.2 Å². The van der Waals surface area contributed by atoms with E-state index in [1.807, 2.05) is 18.2 Å². The Labute approximate surface area is 99.4 Å². The summed E-state index contributed by atoms with van der Waals surface area (Å²) in [6.45, 7) is 0.288. The minimum absolute atomic E-state index is 0.288. The maximum absolute atomic E-state index is 10.2. The molecule has 0 aromatic carbocycles. The molecule has 3 N–H and O–H groups in total. The van der Waals surface area contributed by atoms with E-state index in [1.54, 1.807) is 24.7 Å². The Morgan fingerprint density at radius 1 is 1.06 bits per heavy atom. The molecule has 0 fully saturated rings. The molecule has 0 aliphatic carbocycles. The van der Waals surface area contributed by atoms with Crippen molar-refractivity contribution < 1.29 is 5.11 Å². The average Bonchev–Trinajstić information content (AvgIpc) is 2.42. The highest BCUT2D eigenvalue weighted by Crippen LogP contribution is 2.26. The second kappa shape index (κ2) is 5.47. The number of aliphatic hydroxyl groups excluding tert-OH is 1. The van der Waals surface area contributed by atoms with Crippen molar-refractivity contribution in [3.8, 4) is 0 Å². The van der Waals surface area contributed by atoms with Crippen molar-refractivity contribution in [1.29, 1.82) is 0 Å². The van der Waals surface area contributed by atoms with Gasteiger partial charge in [-0.2, -0.15) is 0 Å². The summed E-state index contributed by atoms with van der Waals surface area (Å²) in [6.07, 6.45) is 4.03. The first kappa shape index (κ1) is 11.6. The number of nitrogens with two attached hydrogens (primary N) is 1. The first-order valence-electron chi connectivity index (χ1n) is 5.39. The molecule has 2 aromatic rings. The lowest BCUT2D eigenvalue weighted by molar-refractivity contribution is 0.136. The third kappa shape index (κ3) is 2.64. The quantitative estimate of drug-likeness (QED) is 0.805. The molecule has 2 heterocycles. The van der Waals surface area contributed by atoms with E-state index in [9.17, 15) is 5.11 Å². The summed E-state index contributed by atoms with van der Waals surface area (Å²) >= 11 is 0. The van der Waals surface area contributed by atoms with Gasteiger partial charge in [0.1, 0.15) is 6.10 Å². The number of hydrogen-bond acceptors (Lipinski definition) is 5. The summed E-state index contributed by atoms with van der Waals surface area (Å²) in [4.78, 5) is 12.3. The highest BCUT2D eigenvalue weighted by molar-refractivity contribution is 5.14. The number of aliphatic hydroxyl groups is 1. The zero-order valence-electron chi connectivity index (χ0n) is 9.27. The molecule has 0 saturated carbocycles. The van der Waals surface area contributed by atoms with Crippen molar-refractivity contribution in [3.05, 3.63) is 54.4 Å². The van der Waals surface area contributed by atoms with Crippen LogP contribution in [0.2, 0.25) is 0 Å². The van der Waals surface area contributed by atoms with Crippen LogP contribution in [0.1, 0.15) is 23.5 Å². The topological polar surface area (TPSA) is 84.9 Å². The van der Waals surface area contributed by atoms with Gasteiger partial charge in [-0.3, -0.25) is 4.98 Å². The smallest absolute Gasteiger partial charge is 0.157 e. The Bertz CT molecular complexity index is 449. The number of aromatic nitrogens is 3. The molecule has 0 bridgehead atoms. The molecule has 0 spiro atoms. The Morgan fingerprint density at radius 2 is 1.76 bits per heavy atom. The Balaban J connectivity index is 2.25. The fourth-order valence-corrected chi connectivity index (χ4v) is 1.65.